The van der Waals surface area contributed by atoms with Gasteiger partial charge in [-0.3, -0.25) is 9.89 Å². The van der Waals surface area contributed by atoms with Crippen molar-refractivity contribution in [1.29, 1.82) is 0 Å². The smallest absolute Gasteiger partial charge is 0.191 e. The average molecular weight is 304 g/mol. The van der Waals surface area contributed by atoms with E-state index in [4.69, 9.17) is 10.5 Å². The zero-order chi connectivity index (χ0) is 15.8. The van der Waals surface area contributed by atoms with Crippen LogP contribution in [0.1, 0.15) is 25.5 Å². The van der Waals surface area contributed by atoms with Gasteiger partial charge in [-0.25, -0.2) is 0 Å². The van der Waals surface area contributed by atoms with Crippen molar-refractivity contribution in [3.05, 3.63) is 35.9 Å². The summed E-state index contributed by atoms with van der Waals surface area (Å²) in [6.45, 7) is 10.2. The molecule has 2 rings (SSSR count). The van der Waals surface area contributed by atoms with Crippen LogP contribution in [0.3, 0.4) is 0 Å². The van der Waals surface area contributed by atoms with Gasteiger partial charge in [0.1, 0.15) is 0 Å². The lowest BCUT2D eigenvalue weighted by Gasteiger charge is -2.31. The van der Waals surface area contributed by atoms with Crippen molar-refractivity contribution in [3.8, 4) is 0 Å². The van der Waals surface area contributed by atoms with Gasteiger partial charge in [0.2, 0.25) is 0 Å². The van der Waals surface area contributed by atoms with Crippen molar-refractivity contribution in [1.82, 2.24) is 9.80 Å². The van der Waals surface area contributed by atoms with E-state index in [1.165, 1.54) is 5.56 Å². The van der Waals surface area contributed by atoms with Crippen LogP contribution in [-0.2, 0) is 4.74 Å². The van der Waals surface area contributed by atoms with E-state index in [9.17, 15) is 0 Å². The first-order chi connectivity index (χ1) is 10.8. The Labute approximate surface area is 133 Å². The van der Waals surface area contributed by atoms with E-state index in [0.717, 1.165) is 39.4 Å². The van der Waals surface area contributed by atoms with Crippen LogP contribution < -0.4 is 5.73 Å². The second-order valence-corrected chi connectivity index (χ2v) is 5.45. The number of likely N-dealkylation sites (N-methyl/N-ethyl adjacent to an activating group) is 1. The van der Waals surface area contributed by atoms with Gasteiger partial charge in [0, 0.05) is 13.1 Å². The third kappa shape index (κ3) is 4.45. The Morgan fingerprint density at radius 2 is 1.86 bits per heavy atom. The first-order valence-corrected chi connectivity index (χ1v) is 8.17. The van der Waals surface area contributed by atoms with Gasteiger partial charge in [-0.15, -0.1) is 0 Å². The van der Waals surface area contributed by atoms with Gasteiger partial charge in [-0.2, -0.15) is 0 Å². The molecule has 2 N–H and O–H groups in total. The van der Waals surface area contributed by atoms with Gasteiger partial charge >= 0.3 is 0 Å². The summed E-state index contributed by atoms with van der Waals surface area (Å²) in [4.78, 5) is 9.19. The number of hydrogen-bond donors (Lipinski definition) is 1. The van der Waals surface area contributed by atoms with Crippen LogP contribution >= 0.6 is 0 Å². The van der Waals surface area contributed by atoms with Gasteiger partial charge < -0.3 is 15.4 Å². The molecule has 0 aliphatic carbocycles. The molecular weight excluding hydrogens is 276 g/mol. The molecule has 1 saturated heterocycles. The number of nitrogens with two attached hydrogens (primary N) is 1. The molecule has 122 valence electrons. The van der Waals surface area contributed by atoms with E-state index in [0.29, 0.717) is 12.5 Å². The van der Waals surface area contributed by atoms with Gasteiger partial charge in [0.15, 0.2) is 5.96 Å². The fourth-order valence-corrected chi connectivity index (χ4v) is 2.84. The van der Waals surface area contributed by atoms with Crippen molar-refractivity contribution in [2.24, 2.45) is 10.7 Å². The second-order valence-electron chi connectivity index (χ2n) is 5.45. The second kappa shape index (κ2) is 8.76. The summed E-state index contributed by atoms with van der Waals surface area (Å²) in [5, 5.41) is 0. The molecule has 0 aromatic heterocycles. The number of hydrogen-bond acceptors (Lipinski definition) is 3. The molecule has 1 atom stereocenters. The summed E-state index contributed by atoms with van der Waals surface area (Å²) in [7, 11) is 0. The minimum atomic E-state index is 0.274. The highest BCUT2D eigenvalue weighted by molar-refractivity contribution is 5.78. The quantitative estimate of drug-likeness (QED) is 0.642. The van der Waals surface area contributed by atoms with Gasteiger partial charge in [-0.05, 0) is 18.7 Å². The average Bonchev–Trinajstić information content (AvgIpc) is 2.60. The maximum Gasteiger partial charge on any atom is 0.191 e. The zero-order valence-electron chi connectivity index (χ0n) is 13.7. The molecular formula is C17H28N4O. The number of aliphatic imine (C=N–C) groups is 1. The van der Waals surface area contributed by atoms with Crippen LogP contribution in [0.2, 0.25) is 0 Å². The predicted molar refractivity (Wildman–Crippen MR) is 91.0 cm³/mol. The summed E-state index contributed by atoms with van der Waals surface area (Å²) in [6, 6.07) is 10.8. The Bertz CT molecular complexity index is 453. The summed E-state index contributed by atoms with van der Waals surface area (Å²) >= 11 is 0. The molecule has 1 unspecified atom stereocenters. The molecule has 0 radical (unpaired) electrons. The number of ether oxygens (including phenoxy) is 1. The van der Waals surface area contributed by atoms with Crippen LogP contribution in [-0.4, -0.2) is 61.7 Å². The van der Waals surface area contributed by atoms with Crippen LogP contribution in [0.25, 0.3) is 0 Å². The minimum absolute atomic E-state index is 0.274. The molecule has 0 spiro atoms. The van der Waals surface area contributed by atoms with Crippen LogP contribution in [0.15, 0.2) is 35.3 Å². The van der Waals surface area contributed by atoms with Crippen LogP contribution in [0.4, 0.5) is 0 Å². The molecule has 1 fully saturated rings. The van der Waals surface area contributed by atoms with Gasteiger partial charge in [0.25, 0.3) is 0 Å². The Morgan fingerprint density at radius 1 is 1.23 bits per heavy atom. The van der Waals surface area contributed by atoms with Crippen LogP contribution in [0, 0.1) is 0 Å². The number of morpholine rings is 1. The summed E-state index contributed by atoms with van der Waals surface area (Å²) in [5.41, 5.74) is 7.46. The molecule has 1 heterocycles. The molecule has 5 nitrogen and oxygen atoms in total. The Morgan fingerprint density at radius 3 is 2.45 bits per heavy atom. The van der Waals surface area contributed by atoms with Crippen molar-refractivity contribution in [3.63, 3.8) is 0 Å². The van der Waals surface area contributed by atoms with E-state index < -0.39 is 0 Å². The monoisotopic (exact) mass is 304 g/mol. The Kier molecular flexibility index (Phi) is 6.68. The molecule has 0 saturated carbocycles. The lowest BCUT2D eigenvalue weighted by atomic mass is 10.1. The normalized spacial score (nSPS) is 17.8. The first-order valence-electron chi connectivity index (χ1n) is 8.17. The fourth-order valence-electron chi connectivity index (χ4n) is 2.84. The van der Waals surface area contributed by atoms with E-state index in [-0.39, 0.29) is 6.04 Å². The summed E-state index contributed by atoms with van der Waals surface area (Å²) < 4.78 is 5.36. The van der Waals surface area contributed by atoms with Gasteiger partial charge in [-0.1, -0.05) is 44.2 Å². The molecule has 1 aromatic rings. The lowest BCUT2D eigenvalue weighted by molar-refractivity contribution is 0.0673. The van der Waals surface area contributed by atoms with E-state index in [1.54, 1.807) is 0 Å². The largest absolute Gasteiger partial charge is 0.378 e. The highest BCUT2D eigenvalue weighted by atomic mass is 16.5. The molecule has 5 heteroatoms. The SMILES string of the molecule is CCN(CC)C(CN=C(N)N1CCOCC1)c1ccccc1. The number of benzene rings is 1. The third-order valence-corrected chi connectivity index (χ3v) is 4.20. The minimum Gasteiger partial charge on any atom is -0.378 e. The molecule has 1 aromatic carbocycles. The maximum absolute atomic E-state index is 6.16. The van der Waals surface area contributed by atoms with Crippen molar-refractivity contribution in [2.45, 2.75) is 19.9 Å². The van der Waals surface area contributed by atoms with Crippen LogP contribution in [0.5, 0.6) is 0 Å². The summed E-state index contributed by atoms with van der Waals surface area (Å²) in [5.74, 6) is 0.636. The first kappa shape index (κ1) is 16.8. The Balaban J connectivity index is 2.08. The lowest BCUT2D eigenvalue weighted by Crippen LogP contribution is -2.45. The standard InChI is InChI=1S/C17H28N4O/c1-3-20(4-2)16(15-8-6-5-7-9-15)14-19-17(18)21-10-12-22-13-11-21/h5-9,16H,3-4,10-14H2,1-2H3,(H2,18,19). The number of rotatable bonds is 6. The highest BCUT2D eigenvalue weighted by Crippen LogP contribution is 2.20. The maximum atomic E-state index is 6.16. The predicted octanol–water partition coefficient (Wildman–Crippen LogP) is 1.72. The van der Waals surface area contributed by atoms with Gasteiger partial charge in [0.05, 0.1) is 25.8 Å². The molecule has 22 heavy (non-hydrogen) atoms. The van der Waals surface area contributed by atoms with E-state index in [2.05, 4.69) is 52.9 Å². The number of guanidine groups is 1. The molecule has 1 aliphatic heterocycles. The van der Waals surface area contributed by atoms with E-state index >= 15 is 0 Å². The van der Waals surface area contributed by atoms with Crippen molar-refractivity contribution in [2.75, 3.05) is 45.9 Å². The zero-order valence-corrected chi connectivity index (χ0v) is 13.7. The molecule has 1 aliphatic rings. The topological polar surface area (TPSA) is 54.1 Å². The summed E-state index contributed by atoms with van der Waals surface area (Å²) in [6.07, 6.45) is 0. The third-order valence-electron chi connectivity index (χ3n) is 4.20. The van der Waals surface area contributed by atoms with Crippen molar-refractivity contribution >= 4 is 5.96 Å². The molecule has 0 bridgehead atoms. The van der Waals surface area contributed by atoms with E-state index in [1.807, 2.05) is 6.07 Å². The fraction of sp³-hybridized carbons (Fsp3) is 0.588. The highest BCUT2D eigenvalue weighted by Gasteiger charge is 2.18. The Hall–Kier alpha value is -1.59. The number of nitrogens with zero attached hydrogens (tertiary/aromatic N) is 3. The van der Waals surface area contributed by atoms with Crippen molar-refractivity contribution < 1.29 is 4.74 Å². The molecule has 0 amide bonds.